The van der Waals surface area contributed by atoms with Gasteiger partial charge in [0.2, 0.25) is 5.88 Å². The van der Waals surface area contributed by atoms with E-state index >= 15 is 0 Å². The average molecular weight is 252 g/mol. The van der Waals surface area contributed by atoms with Gasteiger partial charge in [-0.15, -0.1) is 0 Å². The number of aromatic nitrogens is 2. The molecule has 0 aliphatic heterocycles. The second kappa shape index (κ2) is 4.30. The van der Waals surface area contributed by atoms with Crippen LogP contribution in [0.4, 0.5) is 0 Å². The van der Waals surface area contributed by atoms with Crippen molar-refractivity contribution in [3.05, 3.63) is 26.4 Å². The number of H-pyrrole nitrogens is 1. The van der Waals surface area contributed by atoms with Crippen molar-refractivity contribution in [2.75, 3.05) is 0 Å². The minimum atomic E-state index is -0.512. The largest absolute Gasteiger partial charge is 0.494 e. The summed E-state index contributed by atoms with van der Waals surface area (Å²) in [6, 6.07) is 0. The van der Waals surface area contributed by atoms with Gasteiger partial charge in [0.25, 0.3) is 5.56 Å². The van der Waals surface area contributed by atoms with Gasteiger partial charge in [0.15, 0.2) is 0 Å². The highest BCUT2D eigenvalue weighted by Gasteiger charge is 2.41. The van der Waals surface area contributed by atoms with Crippen LogP contribution in [0.3, 0.4) is 0 Å². The summed E-state index contributed by atoms with van der Waals surface area (Å²) < 4.78 is 1.31. The second-order valence-electron chi connectivity index (χ2n) is 5.59. The van der Waals surface area contributed by atoms with Crippen molar-refractivity contribution in [3.8, 4) is 5.88 Å². The van der Waals surface area contributed by atoms with Gasteiger partial charge in [-0.1, -0.05) is 20.8 Å². The van der Waals surface area contributed by atoms with Crippen molar-refractivity contribution >= 4 is 0 Å². The van der Waals surface area contributed by atoms with Gasteiger partial charge >= 0.3 is 5.69 Å². The Hall–Kier alpha value is -1.52. The maximum absolute atomic E-state index is 11.8. The lowest BCUT2D eigenvalue weighted by molar-refractivity contribution is 0.333. The average Bonchev–Trinajstić information content (AvgIpc) is 3.04. The van der Waals surface area contributed by atoms with Crippen molar-refractivity contribution in [1.82, 2.24) is 9.55 Å². The highest BCUT2D eigenvalue weighted by atomic mass is 16.3. The molecule has 5 heteroatoms. The molecule has 1 fully saturated rings. The predicted molar refractivity (Wildman–Crippen MR) is 69.0 cm³/mol. The van der Waals surface area contributed by atoms with Crippen LogP contribution in [-0.2, 0) is 6.54 Å². The van der Waals surface area contributed by atoms with Crippen LogP contribution in [0, 0.1) is 5.41 Å². The van der Waals surface area contributed by atoms with E-state index in [0.29, 0.717) is 12.1 Å². The molecule has 0 saturated heterocycles. The molecule has 2 N–H and O–H groups in total. The lowest BCUT2D eigenvalue weighted by Crippen LogP contribution is -2.34. The standard InChI is InChI=1S/C13H20N2O3/c1-4-13(5-6-13)7-15-11(17)9(8(2)3)10(16)14-12(15)18/h8,17H,4-7H2,1-3H3,(H,14,16,18). The summed E-state index contributed by atoms with van der Waals surface area (Å²) in [5.74, 6) is -0.282. The van der Waals surface area contributed by atoms with Crippen LogP contribution in [0.2, 0.25) is 0 Å². The first-order chi connectivity index (χ1) is 8.40. The van der Waals surface area contributed by atoms with Crippen LogP contribution in [0.1, 0.15) is 51.5 Å². The van der Waals surface area contributed by atoms with E-state index in [1.165, 1.54) is 4.57 Å². The van der Waals surface area contributed by atoms with Gasteiger partial charge in [0.1, 0.15) is 0 Å². The Morgan fingerprint density at radius 2 is 2.00 bits per heavy atom. The molecule has 5 nitrogen and oxygen atoms in total. The molecule has 0 unspecified atom stereocenters. The number of hydrogen-bond donors (Lipinski definition) is 2. The summed E-state index contributed by atoms with van der Waals surface area (Å²) >= 11 is 0. The third-order valence-electron chi connectivity index (χ3n) is 3.98. The van der Waals surface area contributed by atoms with Crippen LogP contribution in [-0.4, -0.2) is 14.7 Å². The Morgan fingerprint density at radius 3 is 2.44 bits per heavy atom. The Bertz CT molecular complexity index is 565. The summed E-state index contributed by atoms with van der Waals surface area (Å²) in [6.07, 6.45) is 3.13. The summed E-state index contributed by atoms with van der Waals surface area (Å²) in [5, 5.41) is 10.2. The molecule has 0 spiro atoms. The summed E-state index contributed by atoms with van der Waals surface area (Å²) in [7, 11) is 0. The molecular weight excluding hydrogens is 232 g/mol. The zero-order valence-corrected chi connectivity index (χ0v) is 11.1. The predicted octanol–water partition coefficient (Wildman–Crippen LogP) is 1.56. The lowest BCUT2D eigenvalue weighted by atomic mass is 10.0. The molecule has 1 saturated carbocycles. The first-order valence-corrected chi connectivity index (χ1v) is 6.46. The molecule has 0 atom stereocenters. The number of aromatic amines is 1. The first kappa shape index (κ1) is 12.9. The normalized spacial score (nSPS) is 17.1. The zero-order chi connectivity index (χ0) is 13.5. The van der Waals surface area contributed by atoms with Gasteiger partial charge in [-0.2, -0.15) is 0 Å². The molecule has 1 aliphatic rings. The Morgan fingerprint density at radius 1 is 1.39 bits per heavy atom. The van der Waals surface area contributed by atoms with E-state index in [4.69, 9.17) is 0 Å². The maximum atomic E-state index is 11.8. The number of aromatic hydroxyl groups is 1. The summed E-state index contributed by atoms with van der Waals surface area (Å²) in [5.41, 5.74) is -0.568. The maximum Gasteiger partial charge on any atom is 0.331 e. The number of nitrogens with one attached hydrogen (secondary N) is 1. The van der Waals surface area contributed by atoms with Crippen molar-refractivity contribution in [3.63, 3.8) is 0 Å². The molecule has 2 rings (SSSR count). The minimum absolute atomic E-state index is 0.114. The van der Waals surface area contributed by atoms with E-state index in [-0.39, 0.29) is 17.2 Å². The molecule has 1 aromatic heterocycles. The van der Waals surface area contributed by atoms with Crippen LogP contribution in [0.15, 0.2) is 9.59 Å². The van der Waals surface area contributed by atoms with E-state index in [0.717, 1.165) is 19.3 Å². The number of hydrogen-bond acceptors (Lipinski definition) is 3. The first-order valence-electron chi connectivity index (χ1n) is 6.46. The molecular formula is C13H20N2O3. The van der Waals surface area contributed by atoms with Crippen LogP contribution < -0.4 is 11.2 Å². The molecule has 18 heavy (non-hydrogen) atoms. The van der Waals surface area contributed by atoms with Crippen molar-refractivity contribution < 1.29 is 5.11 Å². The van der Waals surface area contributed by atoms with Gasteiger partial charge < -0.3 is 5.11 Å². The van der Waals surface area contributed by atoms with E-state index in [9.17, 15) is 14.7 Å². The molecule has 100 valence electrons. The minimum Gasteiger partial charge on any atom is -0.494 e. The smallest absolute Gasteiger partial charge is 0.331 e. The van der Waals surface area contributed by atoms with Crippen LogP contribution in [0.5, 0.6) is 5.88 Å². The van der Waals surface area contributed by atoms with Crippen molar-refractivity contribution in [1.29, 1.82) is 0 Å². The van der Waals surface area contributed by atoms with E-state index in [1.807, 2.05) is 13.8 Å². The van der Waals surface area contributed by atoms with Crippen LogP contribution >= 0.6 is 0 Å². The highest BCUT2D eigenvalue weighted by Crippen LogP contribution is 2.50. The number of nitrogens with zero attached hydrogens (tertiary/aromatic N) is 1. The van der Waals surface area contributed by atoms with Gasteiger partial charge in [0.05, 0.1) is 5.56 Å². The monoisotopic (exact) mass is 252 g/mol. The Balaban J connectivity index is 2.51. The van der Waals surface area contributed by atoms with Gasteiger partial charge in [-0.3, -0.25) is 14.3 Å². The fourth-order valence-electron chi connectivity index (χ4n) is 2.38. The number of rotatable bonds is 4. The third-order valence-corrected chi connectivity index (χ3v) is 3.98. The van der Waals surface area contributed by atoms with Crippen molar-refractivity contribution in [2.45, 2.75) is 52.5 Å². The molecule has 0 aromatic carbocycles. The SMILES string of the molecule is CCC1(Cn2c(O)c(C(C)C)c(=O)[nH]c2=O)CC1. The zero-order valence-electron chi connectivity index (χ0n) is 11.1. The fourth-order valence-corrected chi connectivity index (χ4v) is 2.38. The topological polar surface area (TPSA) is 75.1 Å². The molecule has 0 radical (unpaired) electrons. The lowest BCUT2D eigenvalue weighted by Gasteiger charge is -2.17. The quantitative estimate of drug-likeness (QED) is 0.853. The fraction of sp³-hybridized carbons (Fsp3) is 0.692. The van der Waals surface area contributed by atoms with E-state index in [1.54, 1.807) is 0 Å². The third kappa shape index (κ3) is 2.09. The Labute approximate surface area is 105 Å². The molecule has 1 aromatic rings. The molecule has 1 aliphatic carbocycles. The second-order valence-corrected chi connectivity index (χ2v) is 5.59. The summed E-state index contributed by atoms with van der Waals surface area (Å²) in [6.45, 7) is 6.23. The van der Waals surface area contributed by atoms with Gasteiger partial charge in [-0.05, 0) is 30.6 Å². The Kier molecular flexibility index (Phi) is 3.09. The molecule has 0 bridgehead atoms. The van der Waals surface area contributed by atoms with Gasteiger partial charge in [-0.25, -0.2) is 4.79 Å². The molecule has 0 amide bonds. The molecule has 1 heterocycles. The van der Waals surface area contributed by atoms with Gasteiger partial charge in [0, 0.05) is 6.54 Å². The highest BCUT2D eigenvalue weighted by molar-refractivity contribution is 5.26. The van der Waals surface area contributed by atoms with Crippen molar-refractivity contribution in [2.24, 2.45) is 5.41 Å². The van der Waals surface area contributed by atoms with Crippen LogP contribution in [0.25, 0.3) is 0 Å². The summed E-state index contributed by atoms with van der Waals surface area (Å²) in [4.78, 5) is 25.8. The van der Waals surface area contributed by atoms with E-state index < -0.39 is 11.2 Å². The van der Waals surface area contributed by atoms with E-state index in [2.05, 4.69) is 11.9 Å².